The van der Waals surface area contributed by atoms with Crippen molar-refractivity contribution in [2.75, 3.05) is 18.0 Å². The highest BCUT2D eigenvalue weighted by molar-refractivity contribution is 6.15. The van der Waals surface area contributed by atoms with Crippen molar-refractivity contribution in [3.05, 3.63) is 65.7 Å². The van der Waals surface area contributed by atoms with Crippen LogP contribution in [0.15, 0.2) is 59.7 Å². The van der Waals surface area contributed by atoms with Crippen molar-refractivity contribution in [3.63, 3.8) is 0 Å². The number of urea groups is 1. The third-order valence-corrected chi connectivity index (χ3v) is 5.25. The Morgan fingerprint density at radius 2 is 1.76 bits per heavy atom. The number of hydrazone groups is 1. The van der Waals surface area contributed by atoms with E-state index in [1.807, 2.05) is 49.4 Å². The van der Waals surface area contributed by atoms with E-state index in [4.69, 9.17) is 0 Å². The molecule has 4 rings (SSSR count). The number of carbonyl (C=O) groups excluding carboxylic acids is 3. The fourth-order valence-electron chi connectivity index (χ4n) is 3.60. The molecule has 7 heteroatoms. The number of hydrogen-bond acceptors (Lipinski definition) is 4. The van der Waals surface area contributed by atoms with Crippen molar-refractivity contribution in [2.45, 2.75) is 26.3 Å². The summed E-state index contributed by atoms with van der Waals surface area (Å²) in [5.41, 5.74) is 3.50. The minimum atomic E-state index is -0.653. The molecule has 0 N–H and O–H groups in total. The lowest BCUT2D eigenvalue weighted by Gasteiger charge is -2.20. The number of nitrogens with zero attached hydrogens (tertiary/aromatic N) is 4. The molecule has 0 unspecified atom stereocenters. The Kier molecular flexibility index (Phi) is 4.88. The summed E-state index contributed by atoms with van der Waals surface area (Å²) >= 11 is 0. The Labute approximate surface area is 169 Å². The predicted octanol–water partition coefficient (Wildman–Crippen LogP) is 2.79. The summed E-state index contributed by atoms with van der Waals surface area (Å²) in [5.74, 6) is -0.744. The molecular formula is C22H22N4O3. The number of hydrogen-bond donors (Lipinski definition) is 0. The second kappa shape index (κ2) is 7.50. The molecule has 2 aromatic rings. The van der Waals surface area contributed by atoms with Crippen LogP contribution in [0.1, 0.15) is 24.5 Å². The molecule has 148 valence electrons. The minimum Gasteiger partial charge on any atom is -0.282 e. The predicted molar refractivity (Wildman–Crippen MR) is 110 cm³/mol. The summed E-state index contributed by atoms with van der Waals surface area (Å²) in [6, 6.07) is 15.9. The maximum absolute atomic E-state index is 12.9. The monoisotopic (exact) mass is 390 g/mol. The average Bonchev–Trinajstić information content (AvgIpc) is 3.30. The molecular weight excluding hydrogens is 368 g/mol. The van der Waals surface area contributed by atoms with Crippen molar-refractivity contribution < 1.29 is 14.4 Å². The zero-order valence-corrected chi connectivity index (χ0v) is 16.4. The zero-order chi connectivity index (χ0) is 20.5. The van der Waals surface area contributed by atoms with Crippen molar-refractivity contribution in [3.8, 4) is 0 Å². The number of amides is 4. The second-order valence-electron chi connectivity index (χ2n) is 7.27. The van der Waals surface area contributed by atoms with E-state index in [0.717, 1.165) is 21.7 Å². The first-order valence-corrected chi connectivity index (χ1v) is 9.60. The molecule has 4 amide bonds. The van der Waals surface area contributed by atoms with Gasteiger partial charge in [-0.3, -0.25) is 19.4 Å². The molecule has 2 heterocycles. The molecule has 0 saturated carbocycles. The van der Waals surface area contributed by atoms with Gasteiger partial charge >= 0.3 is 6.03 Å². The van der Waals surface area contributed by atoms with E-state index in [0.29, 0.717) is 18.7 Å². The van der Waals surface area contributed by atoms with Gasteiger partial charge in [-0.1, -0.05) is 48.0 Å². The SMILES string of the molecule is Cc1ccc(N2C(=O)N(CC(=O)N3CCC(c4ccccc4)=N3)C(=O)[C@H]2C)cc1. The fraction of sp³-hybridized carbons (Fsp3) is 0.273. The van der Waals surface area contributed by atoms with E-state index >= 15 is 0 Å². The maximum atomic E-state index is 12.9. The molecule has 1 atom stereocenters. The highest BCUT2D eigenvalue weighted by Crippen LogP contribution is 2.26. The van der Waals surface area contributed by atoms with E-state index < -0.39 is 12.1 Å². The third kappa shape index (κ3) is 3.51. The summed E-state index contributed by atoms with van der Waals surface area (Å²) in [6.07, 6.45) is 0.642. The molecule has 1 saturated heterocycles. The van der Waals surface area contributed by atoms with E-state index in [9.17, 15) is 14.4 Å². The Morgan fingerprint density at radius 3 is 2.45 bits per heavy atom. The van der Waals surface area contributed by atoms with Gasteiger partial charge in [0.25, 0.3) is 11.8 Å². The smallest absolute Gasteiger partial charge is 0.282 e. The van der Waals surface area contributed by atoms with Crippen LogP contribution in [0.25, 0.3) is 0 Å². The van der Waals surface area contributed by atoms with Crippen LogP contribution in [0.2, 0.25) is 0 Å². The number of anilines is 1. The lowest BCUT2D eigenvalue weighted by Crippen LogP contribution is -2.41. The molecule has 1 fully saturated rings. The van der Waals surface area contributed by atoms with E-state index in [2.05, 4.69) is 5.10 Å². The van der Waals surface area contributed by atoms with E-state index in [1.165, 1.54) is 9.91 Å². The normalized spacial score (nSPS) is 19.2. The molecule has 2 aromatic carbocycles. The van der Waals surface area contributed by atoms with E-state index in [1.54, 1.807) is 19.1 Å². The molecule has 2 aliphatic heterocycles. The number of carbonyl (C=O) groups is 3. The Bertz CT molecular complexity index is 985. The first-order valence-electron chi connectivity index (χ1n) is 9.60. The van der Waals surface area contributed by atoms with Gasteiger partial charge in [-0.15, -0.1) is 0 Å². The average molecular weight is 390 g/mol. The van der Waals surface area contributed by atoms with Gasteiger partial charge in [-0.05, 0) is 31.5 Å². The van der Waals surface area contributed by atoms with Gasteiger partial charge in [0.1, 0.15) is 12.6 Å². The van der Waals surface area contributed by atoms with Crippen molar-refractivity contribution in [1.29, 1.82) is 0 Å². The van der Waals surface area contributed by atoms with Crippen LogP contribution in [-0.2, 0) is 9.59 Å². The number of rotatable bonds is 4. The zero-order valence-electron chi connectivity index (χ0n) is 16.4. The molecule has 7 nitrogen and oxygen atoms in total. The van der Waals surface area contributed by atoms with Gasteiger partial charge in [0, 0.05) is 12.1 Å². The first-order chi connectivity index (χ1) is 14.0. The topological polar surface area (TPSA) is 73.3 Å². The second-order valence-corrected chi connectivity index (χ2v) is 7.27. The summed E-state index contributed by atoms with van der Waals surface area (Å²) in [6.45, 7) is 3.76. The number of benzene rings is 2. The van der Waals surface area contributed by atoms with Gasteiger partial charge in [0.15, 0.2) is 0 Å². The van der Waals surface area contributed by atoms with Gasteiger partial charge in [0.05, 0.1) is 12.3 Å². The Balaban J connectivity index is 1.48. The van der Waals surface area contributed by atoms with Gasteiger partial charge in [-0.2, -0.15) is 5.10 Å². The number of imide groups is 1. The summed E-state index contributed by atoms with van der Waals surface area (Å²) in [7, 11) is 0. The van der Waals surface area contributed by atoms with Crippen LogP contribution >= 0.6 is 0 Å². The van der Waals surface area contributed by atoms with Crippen LogP contribution < -0.4 is 4.90 Å². The quantitative estimate of drug-likeness (QED) is 0.754. The number of aryl methyl sites for hydroxylation is 1. The van der Waals surface area contributed by atoms with Crippen molar-refractivity contribution in [2.24, 2.45) is 5.10 Å². The fourth-order valence-corrected chi connectivity index (χ4v) is 3.60. The van der Waals surface area contributed by atoms with Crippen LogP contribution in [-0.4, -0.2) is 52.6 Å². The summed E-state index contributed by atoms with van der Waals surface area (Å²) in [5, 5.41) is 5.74. The highest BCUT2D eigenvalue weighted by atomic mass is 16.2. The molecule has 0 aliphatic carbocycles. The van der Waals surface area contributed by atoms with E-state index in [-0.39, 0.29) is 18.4 Å². The third-order valence-electron chi connectivity index (χ3n) is 5.25. The van der Waals surface area contributed by atoms with Crippen molar-refractivity contribution >= 4 is 29.2 Å². The summed E-state index contributed by atoms with van der Waals surface area (Å²) in [4.78, 5) is 40.7. The van der Waals surface area contributed by atoms with Crippen LogP contribution in [0.4, 0.5) is 10.5 Å². The lowest BCUT2D eigenvalue weighted by atomic mass is 10.1. The summed E-state index contributed by atoms with van der Waals surface area (Å²) < 4.78 is 0. The van der Waals surface area contributed by atoms with Gasteiger partial charge in [0.2, 0.25) is 0 Å². The first kappa shape index (κ1) is 18.9. The van der Waals surface area contributed by atoms with Gasteiger partial charge < -0.3 is 0 Å². The molecule has 0 aromatic heterocycles. The van der Waals surface area contributed by atoms with Crippen LogP contribution in [0, 0.1) is 6.92 Å². The Morgan fingerprint density at radius 1 is 1.07 bits per heavy atom. The lowest BCUT2D eigenvalue weighted by molar-refractivity contribution is -0.136. The molecule has 0 spiro atoms. The van der Waals surface area contributed by atoms with Gasteiger partial charge in [-0.25, -0.2) is 9.80 Å². The Hall–Kier alpha value is -3.48. The van der Waals surface area contributed by atoms with Crippen LogP contribution in [0.3, 0.4) is 0 Å². The van der Waals surface area contributed by atoms with Crippen LogP contribution in [0.5, 0.6) is 0 Å². The standard InChI is InChI=1S/C22H22N4O3/c1-15-8-10-18(11-9-15)26-16(2)21(28)24(22(26)29)14-20(27)25-13-12-19(23-25)17-6-4-3-5-7-17/h3-11,16H,12-14H2,1-2H3/t16-/m1/s1. The largest absolute Gasteiger partial charge is 0.332 e. The maximum Gasteiger partial charge on any atom is 0.332 e. The van der Waals surface area contributed by atoms with Crippen molar-refractivity contribution in [1.82, 2.24) is 9.91 Å². The molecule has 0 radical (unpaired) electrons. The highest BCUT2D eigenvalue weighted by Gasteiger charge is 2.44. The molecule has 0 bridgehead atoms. The molecule has 29 heavy (non-hydrogen) atoms. The molecule has 2 aliphatic rings. The minimum absolute atomic E-state index is 0.310.